The van der Waals surface area contributed by atoms with Crippen molar-refractivity contribution in [2.45, 2.75) is 56.4 Å². The van der Waals surface area contributed by atoms with Gasteiger partial charge in [-0.3, -0.25) is 4.79 Å². The molecular formula is C58H48O12. The molecule has 7 aromatic carbocycles. The van der Waals surface area contributed by atoms with Crippen LogP contribution in [0.4, 0.5) is 0 Å². The maximum absolute atomic E-state index is 15.5. The van der Waals surface area contributed by atoms with Gasteiger partial charge >= 0.3 is 11.8 Å². The summed E-state index contributed by atoms with van der Waals surface area (Å²) in [5.41, 5.74) is 4.53. The molecule has 2 aliphatic rings. The van der Waals surface area contributed by atoms with Crippen LogP contribution < -0.4 is 24.4 Å². The number of carbonyl (C=O) groups excluding carboxylic acids is 1. The molecule has 1 fully saturated rings. The van der Waals surface area contributed by atoms with Crippen molar-refractivity contribution in [3.05, 3.63) is 231 Å². The van der Waals surface area contributed by atoms with Gasteiger partial charge in [0.2, 0.25) is 5.43 Å². The molecule has 3 heterocycles. The second-order valence-electron chi connectivity index (χ2n) is 17.2. The van der Waals surface area contributed by atoms with Gasteiger partial charge in [0, 0.05) is 34.9 Å². The normalized spacial score (nSPS) is 19.2. The molecule has 12 heteroatoms. The molecule has 12 nitrogen and oxygen atoms in total. The van der Waals surface area contributed by atoms with Crippen LogP contribution in [0.3, 0.4) is 0 Å². The second-order valence-corrected chi connectivity index (χ2v) is 17.2. The van der Waals surface area contributed by atoms with Gasteiger partial charge in [0.15, 0.2) is 11.5 Å². The van der Waals surface area contributed by atoms with Crippen LogP contribution in [0.15, 0.2) is 191 Å². The van der Waals surface area contributed by atoms with Crippen LogP contribution >= 0.6 is 0 Å². The fourth-order valence-corrected chi connectivity index (χ4v) is 8.66. The van der Waals surface area contributed by atoms with Gasteiger partial charge in [-0.05, 0) is 47.9 Å². The van der Waals surface area contributed by atoms with Crippen LogP contribution in [0.1, 0.15) is 45.0 Å². The minimum absolute atomic E-state index is 0.00436. The van der Waals surface area contributed by atoms with Gasteiger partial charge in [0.05, 0.1) is 5.56 Å². The van der Waals surface area contributed by atoms with Crippen LogP contribution in [0.25, 0.3) is 28.4 Å². The maximum Gasteiger partial charge on any atom is 0.330 e. The predicted molar refractivity (Wildman–Crippen MR) is 261 cm³/mol. The van der Waals surface area contributed by atoms with Crippen molar-refractivity contribution in [3.63, 3.8) is 0 Å². The van der Waals surface area contributed by atoms with Gasteiger partial charge in [0.25, 0.3) is 0 Å². The van der Waals surface area contributed by atoms with Gasteiger partial charge in [0.1, 0.15) is 78.6 Å². The second kappa shape index (κ2) is 19.9. The number of esters is 1. The highest BCUT2D eigenvalue weighted by atomic mass is 16.7. The first-order valence-electron chi connectivity index (χ1n) is 22.9. The van der Waals surface area contributed by atoms with E-state index in [-0.39, 0.29) is 41.3 Å². The average Bonchev–Trinajstić information content (AvgIpc) is 3.80. The summed E-state index contributed by atoms with van der Waals surface area (Å²) in [7, 11) is 0. The Morgan fingerprint density at radius 2 is 1.26 bits per heavy atom. The van der Waals surface area contributed by atoms with E-state index in [2.05, 4.69) is 0 Å². The topological polar surface area (TPSA) is 163 Å². The number of aliphatic hydroxyl groups is 3. The fourth-order valence-electron chi connectivity index (χ4n) is 8.66. The molecule has 5 atom stereocenters. The first-order chi connectivity index (χ1) is 34.1. The Kier molecular flexibility index (Phi) is 13.0. The fraction of sp³-hybridized carbons (Fsp3) is 0.172. The number of hydrogen-bond donors (Lipinski definition) is 3. The molecular weight excluding hydrogens is 889 g/mol. The predicted octanol–water partition coefficient (Wildman–Crippen LogP) is 9.38. The Balaban J connectivity index is 1.08. The van der Waals surface area contributed by atoms with E-state index in [0.717, 1.165) is 33.4 Å². The summed E-state index contributed by atoms with van der Waals surface area (Å²) in [6.07, 6.45) is -5.68. The summed E-state index contributed by atoms with van der Waals surface area (Å²) >= 11 is 0. The lowest BCUT2D eigenvalue weighted by atomic mass is 9.89. The third-order valence-electron chi connectivity index (χ3n) is 12.4. The molecule has 1 aromatic heterocycles. The van der Waals surface area contributed by atoms with E-state index in [4.69, 9.17) is 32.8 Å². The quantitative estimate of drug-likeness (QED) is 0.0701. The first-order valence-corrected chi connectivity index (χ1v) is 22.9. The van der Waals surface area contributed by atoms with E-state index in [1.165, 1.54) is 6.08 Å². The van der Waals surface area contributed by atoms with E-state index in [1.807, 2.05) is 153 Å². The van der Waals surface area contributed by atoms with E-state index in [9.17, 15) is 20.1 Å². The lowest BCUT2D eigenvalue weighted by molar-refractivity contribution is -0.234. The third-order valence-corrected chi connectivity index (χ3v) is 12.4. The Hall–Kier alpha value is -8.00. The molecule has 10 rings (SSSR count). The smallest absolute Gasteiger partial charge is 0.330 e. The Morgan fingerprint density at radius 1 is 0.657 bits per heavy atom. The molecule has 8 aromatic rings. The van der Waals surface area contributed by atoms with E-state index in [1.54, 1.807) is 36.4 Å². The van der Waals surface area contributed by atoms with Gasteiger partial charge < -0.3 is 48.2 Å². The summed E-state index contributed by atoms with van der Waals surface area (Å²) in [5, 5.41) is 34.6. The van der Waals surface area contributed by atoms with Gasteiger partial charge in [-0.2, -0.15) is 0 Å². The molecule has 0 radical (unpaired) electrons. The maximum atomic E-state index is 15.5. The molecule has 0 saturated carbocycles. The van der Waals surface area contributed by atoms with Crippen molar-refractivity contribution >= 4 is 23.0 Å². The number of carbonyl (C=O) groups is 1. The number of hydrogen-bond acceptors (Lipinski definition) is 12. The molecule has 1 saturated heterocycles. The molecule has 70 heavy (non-hydrogen) atoms. The lowest BCUT2D eigenvalue weighted by Gasteiger charge is -2.40. The van der Waals surface area contributed by atoms with Crippen LogP contribution in [-0.2, 0) is 33.3 Å². The summed E-state index contributed by atoms with van der Waals surface area (Å²) < 4.78 is 44.9. The van der Waals surface area contributed by atoms with Crippen LogP contribution in [0.2, 0.25) is 0 Å². The van der Waals surface area contributed by atoms with Crippen molar-refractivity contribution in [2.75, 3.05) is 6.61 Å². The van der Waals surface area contributed by atoms with Crippen molar-refractivity contribution in [1.29, 1.82) is 0 Å². The number of rotatable bonds is 14. The number of benzene rings is 7. The van der Waals surface area contributed by atoms with Crippen molar-refractivity contribution in [1.82, 2.24) is 0 Å². The molecule has 0 aliphatic carbocycles. The van der Waals surface area contributed by atoms with E-state index in [0.29, 0.717) is 22.8 Å². The minimum atomic E-state index is -1.87. The van der Waals surface area contributed by atoms with Crippen LogP contribution in [-0.4, -0.2) is 52.3 Å². The zero-order valence-electron chi connectivity index (χ0n) is 37.9. The number of aliphatic hydroxyl groups excluding tert-OH is 3. The molecule has 1 unspecified atom stereocenters. The monoisotopic (exact) mass is 936 g/mol. The molecule has 2 aliphatic heterocycles. The Morgan fingerprint density at radius 3 is 1.90 bits per heavy atom. The van der Waals surface area contributed by atoms with Crippen LogP contribution in [0, 0.1) is 6.92 Å². The minimum Gasteiger partial charge on any atom is -0.489 e. The van der Waals surface area contributed by atoms with Gasteiger partial charge in [-0.25, -0.2) is 4.79 Å². The van der Waals surface area contributed by atoms with E-state index < -0.39 is 54.3 Å². The lowest BCUT2D eigenvalue weighted by Crippen LogP contribution is -2.56. The zero-order valence-corrected chi connectivity index (χ0v) is 37.9. The Labute approximate surface area is 403 Å². The molecule has 0 amide bonds. The highest BCUT2D eigenvalue weighted by Gasteiger charge is 2.48. The van der Waals surface area contributed by atoms with Gasteiger partial charge in [-0.1, -0.05) is 151 Å². The summed E-state index contributed by atoms with van der Waals surface area (Å²) in [4.78, 5) is 28.5. The zero-order chi connectivity index (χ0) is 48.2. The number of aryl methyl sites for hydroxylation is 1. The number of ether oxygens (including phenoxy) is 6. The number of fused-ring (bicyclic) bond motifs is 2. The highest BCUT2D eigenvalue weighted by Crippen LogP contribution is 2.50. The standard InChI is InChI=1S/C58H48O12/c1-36-22-24-37(25-23-36)26-29-49(59)66-35-48-52(60)54(62)55(63)57(68-48)51-53(61)50-46(65-34-39-16-8-3-9-17-39)31-43(64-33-38-14-6-2-7-15-38)32-47(50)67-56(51)40-27-28-44-45(30-40)70-58(69-44,41-18-10-4-11-19-41)42-20-12-5-13-21-42/h2-32,48,52,54-55,57,60,62-63H,33-35H2,1H3/t48-,52+,54+,55-,57?/m1/s1. The largest absolute Gasteiger partial charge is 0.489 e. The third kappa shape index (κ3) is 9.41. The molecule has 0 spiro atoms. The Bertz CT molecular complexity index is 3150. The summed E-state index contributed by atoms with van der Waals surface area (Å²) in [5.74, 6) is -1.01. The van der Waals surface area contributed by atoms with Gasteiger partial charge in [-0.15, -0.1) is 0 Å². The first kappa shape index (κ1) is 45.8. The van der Waals surface area contributed by atoms with Crippen molar-refractivity contribution in [3.8, 4) is 34.3 Å². The molecule has 352 valence electrons. The summed E-state index contributed by atoms with van der Waals surface area (Å²) in [6.45, 7) is 1.68. The SMILES string of the molecule is Cc1ccc(C=CC(=O)OC[C@H]2OC(c3c(-c4ccc5c(c4)OC(c4ccccc4)(c4ccccc4)O5)oc4cc(OCc5ccccc5)cc(OCc5ccccc5)c4c3=O)[C@H](O)[C@@H](O)[C@H]2O)cc1. The van der Waals surface area contributed by atoms with E-state index >= 15 is 4.79 Å². The highest BCUT2D eigenvalue weighted by molar-refractivity contribution is 5.88. The van der Waals surface area contributed by atoms with Crippen LogP contribution in [0.5, 0.6) is 23.0 Å². The summed E-state index contributed by atoms with van der Waals surface area (Å²) in [6, 6.07) is 53.8. The molecule has 0 bridgehead atoms. The van der Waals surface area contributed by atoms with Crippen molar-refractivity contribution < 1.29 is 53.0 Å². The van der Waals surface area contributed by atoms with Crippen molar-refractivity contribution in [2.24, 2.45) is 0 Å². The average molecular weight is 937 g/mol. The molecule has 3 N–H and O–H groups in total.